The molecule has 9 nitrogen and oxygen atoms in total. The zero-order valence-corrected chi connectivity index (χ0v) is 22.7. The Bertz CT molecular complexity index is 1310. The molecule has 1 aliphatic rings. The van der Waals surface area contributed by atoms with E-state index in [9.17, 15) is 9.59 Å². The quantitative estimate of drug-likeness (QED) is 0.467. The third-order valence-electron chi connectivity index (χ3n) is 6.04. The van der Waals surface area contributed by atoms with Crippen molar-refractivity contribution in [1.82, 2.24) is 14.9 Å². The maximum absolute atomic E-state index is 12.8. The van der Waals surface area contributed by atoms with Crippen LogP contribution in [0.2, 0.25) is 5.02 Å². The predicted octanol–water partition coefficient (Wildman–Crippen LogP) is 5.85. The first-order chi connectivity index (χ1) is 16.8. The van der Waals surface area contributed by atoms with Gasteiger partial charge in [-0.1, -0.05) is 39.3 Å². The molecule has 1 aliphatic heterocycles. The molecule has 0 saturated carbocycles. The molecule has 1 N–H and O–H groups in total. The number of amides is 2. The summed E-state index contributed by atoms with van der Waals surface area (Å²) in [7, 11) is 0. The fraction of sp³-hybridized carbons (Fsp3) is 0.538. The lowest BCUT2D eigenvalue weighted by Crippen LogP contribution is -2.56. The molecule has 3 aromatic rings. The smallest absolute Gasteiger partial charge is 0.410 e. The molecule has 10 heteroatoms. The number of rotatable bonds is 3. The second-order valence-corrected chi connectivity index (χ2v) is 11.6. The fourth-order valence-electron chi connectivity index (χ4n) is 4.12. The highest BCUT2D eigenvalue weighted by Crippen LogP contribution is 2.36. The highest BCUT2D eigenvalue weighted by Gasteiger charge is 2.34. The van der Waals surface area contributed by atoms with Crippen molar-refractivity contribution in [3.05, 3.63) is 23.2 Å². The number of furan rings is 1. The highest BCUT2D eigenvalue weighted by atomic mass is 35.5. The maximum Gasteiger partial charge on any atom is 0.410 e. The van der Waals surface area contributed by atoms with E-state index >= 15 is 0 Å². The van der Waals surface area contributed by atoms with Crippen LogP contribution in [0.25, 0.3) is 22.1 Å². The minimum absolute atomic E-state index is 0.0787. The number of carbonyl (C=O) groups is 2. The van der Waals surface area contributed by atoms with Crippen molar-refractivity contribution in [2.75, 3.05) is 29.9 Å². The molecule has 2 amide bonds. The Morgan fingerprint density at radius 2 is 1.89 bits per heavy atom. The molecule has 1 atom stereocenters. The molecule has 1 unspecified atom stereocenters. The molecule has 2 aromatic heterocycles. The molecule has 36 heavy (non-hydrogen) atoms. The summed E-state index contributed by atoms with van der Waals surface area (Å²) in [5.41, 5.74) is 0.530. The maximum atomic E-state index is 12.8. The summed E-state index contributed by atoms with van der Waals surface area (Å²) in [6.07, 6.45) is 0.422. The normalized spacial score (nSPS) is 17.1. The number of aromatic nitrogens is 2. The number of nitrogens with zero attached hydrogens (tertiary/aromatic N) is 4. The van der Waals surface area contributed by atoms with Gasteiger partial charge in [0.25, 0.3) is 0 Å². The molecular formula is C26H34ClN5O4. The zero-order chi connectivity index (χ0) is 26.4. The summed E-state index contributed by atoms with van der Waals surface area (Å²) in [5.74, 6) is 0.571. The number of piperazine rings is 1. The topological polar surface area (TPSA) is 101 Å². The van der Waals surface area contributed by atoms with Gasteiger partial charge in [-0.15, -0.1) is 0 Å². The molecule has 3 heterocycles. The molecule has 4 rings (SSSR count). The summed E-state index contributed by atoms with van der Waals surface area (Å²) < 4.78 is 11.8. The third-order valence-corrected chi connectivity index (χ3v) is 6.28. The van der Waals surface area contributed by atoms with E-state index in [1.165, 1.54) is 0 Å². The SMILES string of the molecule is CCC1CN(c2nc(NC(=O)C(C)(C)C)nc3c2oc2ccc(Cl)cc23)CCN1C(=O)OC(C)(C)C. The first-order valence-electron chi connectivity index (χ1n) is 12.2. The lowest BCUT2D eigenvalue weighted by Gasteiger charge is -2.41. The van der Waals surface area contributed by atoms with Gasteiger partial charge < -0.3 is 19.0 Å². The van der Waals surface area contributed by atoms with Crippen LogP contribution in [-0.4, -0.2) is 58.1 Å². The molecule has 1 saturated heterocycles. The van der Waals surface area contributed by atoms with E-state index in [0.29, 0.717) is 47.2 Å². The van der Waals surface area contributed by atoms with Gasteiger partial charge in [-0.3, -0.25) is 10.1 Å². The van der Waals surface area contributed by atoms with Crippen LogP contribution in [0.3, 0.4) is 0 Å². The Kier molecular flexibility index (Phi) is 6.81. The van der Waals surface area contributed by atoms with Gasteiger partial charge in [0.15, 0.2) is 11.4 Å². The first-order valence-corrected chi connectivity index (χ1v) is 12.6. The van der Waals surface area contributed by atoms with Crippen molar-refractivity contribution >= 4 is 57.4 Å². The molecule has 1 aromatic carbocycles. The number of benzene rings is 1. The molecule has 0 bridgehead atoms. The van der Waals surface area contributed by atoms with Gasteiger partial charge in [-0.2, -0.15) is 4.98 Å². The number of anilines is 2. The largest absolute Gasteiger partial charge is 0.450 e. The van der Waals surface area contributed by atoms with E-state index in [0.717, 1.165) is 11.8 Å². The lowest BCUT2D eigenvalue weighted by atomic mass is 9.96. The number of hydrogen-bond donors (Lipinski definition) is 1. The van der Waals surface area contributed by atoms with E-state index in [2.05, 4.69) is 15.2 Å². The lowest BCUT2D eigenvalue weighted by molar-refractivity contribution is -0.123. The number of nitrogens with one attached hydrogen (secondary N) is 1. The predicted molar refractivity (Wildman–Crippen MR) is 142 cm³/mol. The minimum Gasteiger partial charge on any atom is -0.450 e. The molecule has 194 valence electrons. The van der Waals surface area contributed by atoms with Crippen molar-refractivity contribution in [2.45, 2.75) is 66.5 Å². The average Bonchev–Trinajstić information content (AvgIpc) is 3.14. The van der Waals surface area contributed by atoms with Crippen molar-refractivity contribution < 1.29 is 18.7 Å². The van der Waals surface area contributed by atoms with Crippen LogP contribution in [0.5, 0.6) is 0 Å². The highest BCUT2D eigenvalue weighted by molar-refractivity contribution is 6.31. The van der Waals surface area contributed by atoms with E-state index < -0.39 is 11.0 Å². The number of halogens is 1. The molecule has 0 radical (unpaired) electrons. The first kappa shape index (κ1) is 26.0. The minimum atomic E-state index is -0.618. The van der Waals surface area contributed by atoms with Gasteiger partial charge >= 0.3 is 6.09 Å². The van der Waals surface area contributed by atoms with Crippen molar-refractivity contribution in [3.63, 3.8) is 0 Å². The van der Waals surface area contributed by atoms with Gasteiger partial charge in [0.2, 0.25) is 11.9 Å². The van der Waals surface area contributed by atoms with Gasteiger partial charge in [0, 0.05) is 35.5 Å². The van der Waals surface area contributed by atoms with Crippen LogP contribution in [0.4, 0.5) is 16.6 Å². The van der Waals surface area contributed by atoms with Gasteiger partial charge in [-0.05, 0) is 45.4 Å². The van der Waals surface area contributed by atoms with E-state index in [-0.39, 0.29) is 24.0 Å². The Balaban J connectivity index is 1.75. The zero-order valence-electron chi connectivity index (χ0n) is 21.9. The molecule has 0 spiro atoms. The standard InChI is InChI=1S/C26H34ClN5O4/c1-8-16-14-31(11-12-32(16)24(34)36-26(5,6)7)21-20-19(17-13-15(27)9-10-18(17)35-20)28-23(29-21)30-22(33)25(2,3)4/h9-10,13,16H,8,11-12,14H2,1-7H3,(H,28,29,30,33). The van der Waals surface area contributed by atoms with E-state index in [1.54, 1.807) is 23.1 Å². The van der Waals surface area contributed by atoms with E-state index in [1.807, 2.05) is 48.5 Å². The van der Waals surface area contributed by atoms with E-state index in [4.69, 9.17) is 25.7 Å². The monoisotopic (exact) mass is 515 g/mol. The van der Waals surface area contributed by atoms with Gasteiger partial charge in [0.05, 0.1) is 6.04 Å². The van der Waals surface area contributed by atoms with Crippen LogP contribution >= 0.6 is 11.6 Å². The average molecular weight is 516 g/mol. The number of carbonyl (C=O) groups excluding carboxylic acids is 2. The summed E-state index contributed by atoms with van der Waals surface area (Å²) in [4.78, 5) is 38.8. The summed E-state index contributed by atoms with van der Waals surface area (Å²) in [6, 6.07) is 5.27. The number of hydrogen-bond acceptors (Lipinski definition) is 7. The van der Waals surface area contributed by atoms with Crippen molar-refractivity contribution in [1.29, 1.82) is 0 Å². The molecule has 1 fully saturated rings. The van der Waals surface area contributed by atoms with Crippen LogP contribution < -0.4 is 10.2 Å². The van der Waals surface area contributed by atoms with Gasteiger partial charge in [0.1, 0.15) is 16.7 Å². The summed E-state index contributed by atoms with van der Waals surface area (Å²) in [5, 5.41) is 4.15. The Labute approximate surface area is 216 Å². The fourth-order valence-corrected chi connectivity index (χ4v) is 4.29. The number of ether oxygens (including phenoxy) is 1. The molecular weight excluding hydrogens is 482 g/mol. The Hall–Kier alpha value is -3.07. The second kappa shape index (κ2) is 9.42. The number of fused-ring (bicyclic) bond motifs is 3. The van der Waals surface area contributed by atoms with Crippen LogP contribution in [0, 0.1) is 5.41 Å². The van der Waals surface area contributed by atoms with Crippen LogP contribution in [0.1, 0.15) is 54.9 Å². The van der Waals surface area contributed by atoms with Crippen molar-refractivity contribution in [3.8, 4) is 0 Å². The summed E-state index contributed by atoms with van der Waals surface area (Å²) in [6.45, 7) is 14.6. The second-order valence-electron chi connectivity index (χ2n) is 11.2. The summed E-state index contributed by atoms with van der Waals surface area (Å²) >= 11 is 6.26. The Morgan fingerprint density at radius 3 is 2.53 bits per heavy atom. The van der Waals surface area contributed by atoms with Crippen LogP contribution in [0.15, 0.2) is 22.6 Å². The molecule has 0 aliphatic carbocycles. The van der Waals surface area contributed by atoms with Gasteiger partial charge in [-0.25, -0.2) is 9.78 Å². The van der Waals surface area contributed by atoms with Crippen LogP contribution in [-0.2, 0) is 9.53 Å². The Morgan fingerprint density at radius 1 is 1.17 bits per heavy atom. The third kappa shape index (κ3) is 5.36. The van der Waals surface area contributed by atoms with Crippen molar-refractivity contribution in [2.24, 2.45) is 5.41 Å².